The highest BCUT2D eigenvalue weighted by molar-refractivity contribution is 7.92. The Morgan fingerprint density at radius 3 is 2.15 bits per heavy atom. The van der Waals surface area contributed by atoms with Crippen LogP contribution in [0, 0.1) is 6.92 Å². The topological polar surface area (TPSA) is 86.8 Å². The summed E-state index contributed by atoms with van der Waals surface area (Å²) >= 11 is 13.0. The summed E-state index contributed by atoms with van der Waals surface area (Å²) in [5.41, 5.74) is 2.51. The lowest BCUT2D eigenvalue weighted by atomic mass is 10.0. The molecule has 0 bridgehead atoms. The van der Waals surface area contributed by atoms with E-state index in [-0.39, 0.29) is 24.9 Å². The molecule has 0 spiro atoms. The fraction of sp³-hybridized carbons (Fsp3) is 0.333. The van der Waals surface area contributed by atoms with Gasteiger partial charge in [-0.05, 0) is 55.7 Å². The number of carbonyl (C=O) groups excluding carboxylic acids is 2. The molecule has 0 saturated heterocycles. The molecule has 10 heteroatoms. The summed E-state index contributed by atoms with van der Waals surface area (Å²) in [5, 5.41) is 3.67. The number of benzene rings is 3. The number of anilines is 1. The zero-order valence-corrected chi connectivity index (χ0v) is 25.4. The Bertz CT molecular complexity index is 1410. The van der Waals surface area contributed by atoms with Crippen LogP contribution in [0.1, 0.15) is 37.0 Å². The first-order valence-electron chi connectivity index (χ1n) is 13.0. The quantitative estimate of drug-likeness (QED) is 0.291. The maximum atomic E-state index is 14.1. The van der Waals surface area contributed by atoms with Gasteiger partial charge < -0.3 is 10.2 Å². The summed E-state index contributed by atoms with van der Waals surface area (Å²) in [5.74, 6) is -0.917. The number of nitrogens with one attached hydrogen (secondary N) is 1. The number of sulfonamides is 1. The third-order valence-corrected chi connectivity index (χ3v) is 8.48. The van der Waals surface area contributed by atoms with E-state index in [4.69, 9.17) is 23.2 Å². The number of amides is 2. The Balaban J connectivity index is 2.11. The Morgan fingerprint density at radius 1 is 0.950 bits per heavy atom. The Morgan fingerprint density at radius 2 is 1.57 bits per heavy atom. The number of rotatable bonds is 12. The van der Waals surface area contributed by atoms with Crippen molar-refractivity contribution in [1.29, 1.82) is 0 Å². The first-order valence-corrected chi connectivity index (χ1v) is 15.6. The summed E-state index contributed by atoms with van der Waals surface area (Å²) in [6.45, 7) is 5.08. The molecule has 0 unspecified atom stereocenters. The van der Waals surface area contributed by atoms with Gasteiger partial charge in [-0.2, -0.15) is 0 Å². The van der Waals surface area contributed by atoms with E-state index in [1.807, 2.05) is 57.2 Å². The molecule has 2 atom stereocenters. The molecule has 2 amide bonds. The Kier molecular flexibility index (Phi) is 11.0. The van der Waals surface area contributed by atoms with E-state index in [0.29, 0.717) is 27.7 Å². The second-order valence-electron chi connectivity index (χ2n) is 9.85. The zero-order valence-electron chi connectivity index (χ0n) is 23.1. The third-order valence-electron chi connectivity index (χ3n) is 6.63. The van der Waals surface area contributed by atoms with Crippen LogP contribution in [0.25, 0.3) is 0 Å². The number of nitrogens with zero attached hydrogens (tertiary/aromatic N) is 2. The van der Waals surface area contributed by atoms with Crippen LogP contribution in [0.4, 0.5) is 5.69 Å². The summed E-state index contributed by atoms with van der Waals surface area (Å²) < 4.78 is 26.8. The number of aryl methyl sites for hydroxylation is 1. The van der Waals surface area contributed by atoms with Crippen LogP contribution < -0.4 is 9.62 Å². The van der Waals surface area contributed by atoms with Gasteiger partial charge in [0.05, 0.1) is 11.9 Å². The smallest absolute Gasteiger partial charge is 0.244 e. The minimum atomic E-state index is -3.85. The minimum Gasteiger partial charge on any atom is -0.352 e. The van der Waals surface area contributed by atoms with Gasteiger partial charge in [-0.3, -0.25) is 13.9 Å². The number of hydrogen-bond donors (Lipinski definition) is 1. The van der Waals surface area contributed by atoms with Crippen molar-refractivity contribution in [3.05, 3.63) is 99.5 Å². The van der Waals surface area contributed by atoms with Crippen LogP contribution in [-0.4, -0.2) is 50.0 Å². The third kappa shape index (κ3) is 8.46. The first-order chi connectivity index (χ1) is 18.9. The minimum absolute atomic E-state index is 0.0891. The van der Waals surface area contributed by atoms with E-state index < -0.39 is 28.5 Å². The van der Waals surface area contributed by atoms with Crippen molar-refractivity contribution in [3.63, 3.8) is 0 Å². The molecule has 3 aromatic rings. The SMILES string of the molecule is CC[C@@H](C)NC(=O)[C@@H](Cc1ccccc1)N(Cc1c(Cl)cccc1Cl)C(=O)CN(c1cccc(C)c1)S(C)(=O)=O. The molecule has 0 aliphatic heterocycles. The van der Waals surface area contributed by atoms with E-state index in [1.54, 1.807) is 36.4 Å². The van der Waals surface area contributed by atoms with E-state index in [1.165, 1.54) is 4.90 Å². The van der Waals surface area contributed by atoms with Crippen molar-refractivity contribution in [2.75, 3.05) is 17.1 Å². The van der Waals surface area contributed by atoms with E-state index in [0.717, 1.165) is 21.7 Å². The van der Waals surface area contributed by atoms with Gasteiger partial charge in [0.1, 0.15) is 12.6 Å². The lowest BCUT2D eigenvalue weighted by Gasteiger charge is -2.34. The fourth-order valence-corrected chi connectivity index (χ4v) is 5.60. The standard InChI is InChI=1S/C30H35Cl2N3O4S/c1-5-22(3)33-30(37)28(18-23-12-7-6-8-13-23)34(19-25-26(31)15-10-16-27(25)32)29(36)20-35(40(4,38)39)24-14-9-11-21(2)17-24/h6-17,22,28H,5,18-20H2,1-4H3,(H,33,37)/t22-,28-/m1/s1. The second kappa shape index (κ2) is 14.0. The number of hydrogen-bond acceptors (Lipinski definition) is 4. The lowest BCUT2D eigenvalue weighted by molar-refractivity contribution is -0.140. The molecule has 7 nitrogen and oxygen atoms in total. The highest BCUT2D eigenvalue weighted by atomic mass is 35.5. The fourth-order valence-electron chi connectivity index (χ4n) is 4.25. The lowest BCUT2D eigenvalue weighted by Crippen LogP contribution is -2.54. The average Bonchev–Trinajstić information content (AvgIpc) is 2.90. The second-order valence-corrected chi connectivity index (χ2v) is 12.6. The van der Waals surface area contributed by atoms with Crippen molar-refractivity contribution in [1.82, 2.24) is 10.2 Å². The molecule has 214 valence electrons. The highest BCUT2D eigenvalue weighted by Gasteiger charge is 2.34. The normalized spacial score (nSPS) is 12.8. The average molecular weight is 605 g/mol. The molecule has 40 heavy (non-hydrogen) atoms. The molecule has 0 heterocycles. The monoisotopic (exact) mass is 603 g/mol. The van der Waals surface area contributed by atoms with Gasteiger partial charge in [-0.15, -0.1) is 0 Å². The van der Waals surface area contributed by atoms with Crippen molar-refractivity contribution in [2.24, 2.45) is 0 Å². The van der Waals surface area contributed by atoms with Gasteiger partial charge >= 0.3 is 0 Å². The van der Waals surface area contributed by atoms with Gasteiger partial charge in [0.15, 0.2) is 0 Å². The molecule has 1 N–H and O–H groups in total. The molecule has 3 aromatic carbocycles. The molecule has 0 radical (unpaired) electrons. The molecule has 0 aromatic heterocycles. The molecule has 0 aliphatic carbocycles. The molecular weight excluding hydrogens is 569 g/mol. The van der Waals surface area contributed by atoms with E-state index >= 15 is 0 Å². The molecule has 0 saturated carbocycles. The van der Waals surface area contributed by atoms with Crippen molar-refractivity contribution >= 4 is 50.7 Å². The van der Waals surface area contributed by atoms with E-state index in [9.17, 15) is 18.0 Å². The number of halogens is 2. The van der Waals surface area contributed by atoms with Crippen molar-refractivity contribution < 1.29 is 18.0 Å². The summed E-state index contributed by atoms with van der Waals surface area (Å²) in [7, 11) is -3.85. The van der Waals surface area contributed by atoms with Crippen molar-refractivity contribution in [3.8, 4) is 0 Å². The van der Waals surface area contributed by atoms with Gasteiger partial charge in [-0.1, -0.05) is 78.7 Å². The van der Waals surface area contributed by atoms with Gasteiger partial charge in [0.2, 0.25) is 21.8 Å². The van der Waals surface area contributed by atoms with Crippen LogP contribution in [0.5, 0.6) is 0 Å². The molecule has 3 rings (SSSR count). The van der Waals surface area contributed by atoms with Gasteiger partial charge in [0, 0.05) is 34.6 Å². The largest absolute Gasteiger partial charge is 0.352 e. The zero-order chi connectivity index (χ0) is 29.4. The van der Waals surface area contributed by atoms with Crippen LogP contribution in [0.15, 0.2) is 72.8 Å². The van der Waals surface area contributed by atoms with Gasteiger partial charge in [-0.25, -0.2) is 8.42 Å². The predicted molar refractivity (Wildman–Crippen MR) is 162 cm³/mol. The molecule has 0 fully saturated rings. The Hall–Kier alpha value is -3.07. The van der Waals surface area contributed by atoms with E-state index in [2.05, 4.69) is 5.32 Å². The summed E-state index contributed by atoms with van der Waals surface area (Å²) in [4.78, 5) is 29.2. The summed E-state index contributed by atoms with van der Waals surface area (Å²) in [6.07, 6.45) is 1.96. The number of carbonyl (C=O) groups is 2. The first kappa shape index (κ1) is 31.5. The Labute approximate surface area is 247 Å². The van der Waals surface area contributed by atoms with Crippen LogP contribution in [-0.2, 0) is 32.6 Å². The van der Waals surface area contributed by atoms with Gasteiger partial charge in [0.25, 0.3) is 0 Å². The molecular formula is C30H35Cl2N3O4S. The molecule has 0 aliphatic rings. The predicted octanol–water partition coefficient (Wildman–Crippen LogP) is 5.62. The van der Waals surface area contributed by atoms with Crippen LogP contribution in [0.3, 0.4) is 0 Å². The maximum Gasteiger partial charge on any atom is 0.244 e. The maximum absolute atomic E-state index is 14.1. The van der Waals surface area contributed by atoms with Crippen molar-refractivity contribution in [2.45, 2.75) is 52.2 Å². The highest BCUT2D eigenvalue weighted by Crippen LogP contribution is 2.28. The van der Waals surface area contributed by atoms with Crippen LogP contribution >= 0.6 is 23.2 Å². The summed E-state index contributed by atoms with van der Waals surface area (Å²) in [6, 6.07) is 20.2. The van der Waals surface area contributed by atoms with Crippen LogP contribution in [0.2, 0.25) is 10.0 Å².